The third-order valence-corrected chi connectivity index (χ3v) is 2.66. The number of benzene rings is 1. The van der Waals surface area contributed by atoms with Gasteiger partial charge in [-0.15, -0.1) is 3.89 Å². The third-order valence-electron chi connectivity index (χ3n) is 1.32. The molecule has 0 fully saturated rings. The van der Waals surface area contributed by atoms with E-state index >= 15 is 0 Å². The quantitative estimate of drug-likeness (QED) is 0.787. The van der Waals surface area contributed by atoms with Crippen molar-refractivity contribution in [1.82, 2.24) is 0 Å². The monoisotopic (exact) mass is 316 g/mol. The summed E-state index contributed by atoms with van der Waals surface area (Å²) in [7, 11) is -4.85. The molecule has 0 N–H and O–H groups in total. The van der Waals surface area contributed by atoms with Gasteiger partial charge in [-0.3, -0.25) is 0 Å². The van der Waals surface area contributed by atoms with Gasteiger partial charge in [0.2, 0.25) is 0 Å². The van der Waals surface area contributed by atoms with Crippen LogP contribution in [-0.2, 0) is 10.2 Å². The van der Waals surface area contributed by atoms with Crippen molar-refractivity contribution in [3.05, 3.63) is 22.7 Å². The summed E-state index contributed by atoms with van der Waals surface area (Å²) >= 11 is 7.84. The predicted molar refractivity (Wildman–Crippen MR) is 54.3 cm³/mol. The van der Waals surface area contributed by atoms with Crippen LogP contribution in [0, 0.1) is 0 Å². The average molecular weight is 318 g/mol. The zero-order chi connectivity index (χ0) is 11.6. The first-order chi connectivity index (χ1) is 6.79. The van der Waals surface area contributed by atoms with E-state index in [9.17, 15) is 17.1 Å². The second-order valence-corrected chi connectivity index (χ2v) is 4.97. The molecule has 1 aromatic rings. The maximum atomic E-state index is 12.6. The zero-order valence-electron chi connectivity index (χ0n) is 6.91. The molecular formula is C7H3BrClFO4S. The van der Waals surface area contributed by atoms with Crippen molar-refractivity contribution < 1.29 is 21.8 Å². The molecule has 0 spiro atoms. The summed E-state index contributed by atoms with van der Waals surface area (Å²) in [5.41, 5.74) is -1.14. The highest BCUT2D eigenvalue weighted by Crippen LogP contribution is 2.25. The van der Waals surface area contributed by atoms with Crippen LogP contribution in [0.3, 0.4) is 0 Å². The molecule has 0 unspecified atom stereocenters. The molecule has 0 radical (unpaired) electrons. The van der Waals surface area contributed by atoms with Crippen LogP contribution in [0.2, 0.25) is 0 Å². The Kier molecular flexibility index (Phi) is 3.69. The van der Waals surface area contributed by atoms with Gasteiger partial charge in [0, 0.05) is 22.1 Å². The lowest BCUT2D eigenvalue weighted by atomic mass is 10.3. The Balaban J connectivity index is 3.23. The molecule has 0 atom stereocenters. The molecule has 0 amide bonds. The topological polar surface area (TPSA) is 60.4 Å². The summed E-state index contributed by atoms with van der Waals surface area (Å²) in [5, 5.41) is 0. The summed E-state index contributed by atoms with van der Waals surface area (Å²) in [6.07, 6.45) is 0. The Labute approximate surface area is 98.3 Å². The van der Waals surface area contributed by atoms with E-state index < -0.39 is 20.5 Å². The minimum absolute atomic E-state index is 0.166. The Morgan fingerprint density at radius 3 is 2.47 bits per heavy atom. The highest BCUT2D eigenvalue weighted by molar-refractivity contribution is 9.10. The largest absolute Gasteiger partial charge is 0.414 e. The normalized spacial score (nSPS) is 11.1. The van der Waals surface area contributed by atoms with Crippen molar-refractivity contribution in [2.45, 2.75) is 4.90 Å². The third kappa shape index (κ3) is 3.77. The van der Waals surface area contributed by atoms with Crippen LogP contribution in [0.25, 0.3) is 0 Å². The summed E-state index contributed by atoms with van der Waals surface area (Å²) in [5.74, 6) is -0.166. The van der Waals surface area contributed by atoms with Crippen molar-refractivity contribution >= 4 is 43.2 Å². The molecule has 0 saturated carbocycles. The first-order valence-electron chi connectivity index (χ1n) is 3.41. The van der Waals surface area contributed by atoms with Gasteiger partial charge in [0.1, 0.15) is 10.6 Å². The SMILES string of the molecule is O=C(Cl)Oc1cc(Br)cc(S(=O)(=O)F)c1. The van der Waals surface area contributed by atoms with Gasteiger partial charge in [-0.05, 0) is 12.1 Å². The lowest BCUT2D eigenvalue weighted by Gasteiger charge is -2.02. The van der Waals surface area contributed by atoms with Gasteiger partial charge in [0.15, 0.2) is 0 Å². The summed E-state index contributed by atoms with van der Waals surface area (Å²) in [4.78, 5) is 9.75. The number of rotatable bonds is 2. The van der Waals surface area contributed by atoms with Crippen LogP contribution in [0.1, 0.15) is 0 Å². The maximum absolute atomic E-state index is 12.6. The standard InChI is InChI=1S/C7H3BrClFO4S/c8-4-1-5(14-7(9)11)3-6(2-4)15(10,12)13/h1-3H. The summed E-state index contributed by atoms with van der Waals surface area (Å²) in [6, 6.07) is 3.15. The van der Waals surface area contributed by atoms with E-state index in [2.05, 4.69) is 20.7 Å². The first kappa shape index (κ1) is 12.4. The van der Waals surface area contributed by atoms with Crippen LogP contribution in [0.15, 0.2) is 27.6 Å². The molecular weight excluding hydrogens is 314 g/mol. The Morgan fingerprint density at radius 1 is 1.40 bits per heavy atom. The van der Waals surface area contributed by atoms with E-state index in [1.807, 2.05) is 0 Å². The van der Waals surface area contributed by atoms with Gasteiger partial charge in [0.25, 0.3) is 0 Å². The smallest absolute Gasteiger partial charge is 0.409 e. The fourth-order valence-corrected chi connectivity index (χ4v) is 2.07. The van der Waals surface area contributed by atoms with E-state index in [0.717, 1.165) is 12.1 Å². The minimum atomic E-state index is -4.85. The molecule has 82 valence electrons. The molecule has 0 aliphatic rings. The molecule has 8 heteroatoms. The van der Waals surface area contributed by atoms with Crippen molar-refractivity contribution in [3.8, 4) is 5.75 Å². The first-order valence-corrected chi connectivity index (χ1v) is 5.97. The second-order valence-electron chi connectivity index (χ2n) is 2.40. The second kappa shape index (κ2) is 4.46. The number of hydrogen-bond acceptors (Lipinski definition) is 4. The highest BCUT2D eigenvalue weighted by atomic mass is 79.9. The molecule has 1 rings (SSSR count). The van der Waals surface area contributed by atoms with Crippen LogP contribution >= 0.6 is 27.5 Å². The van der Waals surface area contributed by atoms with Crippen molar-refractivity contribution in [1.29, 1.82) is 0 Å². The van der Waals surface area contributed by atoms with E-state index in [0.29, 0.717) is 0 Å². The average Bonchev–Trinajstić information content (AvgIpc) is 1.99. The number of hydrogen-bond donors (Lipinski definition) is 0. The van der Waals surface area contributed by atoms with Crippen LogP contribution in [0.5, 0.6) is 5.75 Å². The van der Waals surface area contributed by atoms with Gasteiger partial charge < -0.3 is 4.74 Å². The van der Waals surface area contributed by atoms with E-state index in [-0.39, 0.29) is 10.2 Å². The van der Waals surface area contributed by atoms with E-state index in [4.69, 9.17) is 11.6 Å². The molecule has 0 bridgehead atoms. The van der Waals surface area contributed by atoms with Gasteiger partial charge in [-0.2, -0.15) is 8.42 Å². The van der Waals surface area contributed by atoms with Crippen LogP contribution in [0.4, 0.5) is 8.68 Å². The lowest BCUT2D eigenvalue weighted by molar-refractivity contribution is 0.225. The van der Waals surface area contributed by atoms with E-state index in [1.165, 1.54) is 6.07 Å². The zero-order valence-corrected chi connectivity index (χ0v) is 10.1. The van der Waals surface area contributed by atoms with Gasteiger partial charge in [0.05, 0.1) is 0 Å². The molecule has 15 heavy (non-hydrogen) atoms. The lowest BCUT2D eigenvalue weighted by Crippen LogP contribution is -1.98. The summed E-state index contributed by atoms with van der Waals surface area (Å²) < 4.78 is 38.4. The number of carbonyl (C=O) groups excluding carboxylic acids is 1. The van der Waals surface area contributed by atoms with Gasteiger partial charge >= 0.3 is 15.7 Å². The highest BCUT2D eigenvalue weighted by Gasteiger charge is 2.15. The molecule has 0 heterocycles. The van der Waals surface area contributed by atoms with Gasteiger partial charge in [-0.25, -0.2) is 4.79 Å². The number of halogens is 3. The fraction of sp³-hybridized carbons (Fsp3) is 0. The predicted octanol–water partition coefficient (Wildman–Crippen LogP) is 2.84. The van der Waals surface area contributed by atoms with E-state index in [1.54, 1.807) is 0 Å². The molecule has 0 aliphatic carbocycles. The van der Waals surface area contributed by atoms with Crippen LogP contribution in [-0.4, -0.2) is 13.8 Å². The van der Waals surface area contributed by atoms with Crippen LogP contribution < -0.4 is 4.74 Å². The Hall–Kier alpha value is -0.660. The van der Waals surface area contributed by atoms with Crippen molar-refractivity contribution in [3.63, 3.8) is 0 Å². The molecule has 0 aliphatic heterocycles. The molecule has 1 aromatic carbocycles. The van der Waals surface area contributed by atoms with Crippen molar-refractivity contribution in [2.24, 2.45) is 0 Å². The molecule has 0 saturated heterocycles. The number of ether oxygens (including phenoxy) is 1. The van der Waals surface area contributed by atoms with Crippen molar-refractivity contribution in [2.75, 3.05) is 0 Å². The Bertz CT molecular complexity index is 502. The Morgan fingerprint density at radius 2 is 2.00 bits per heavy atom. The molecule has 4 nitrogen and oxygen atoms in total. The summed E-state index contributed by atoms with van der Waals surface area (Å²) in [6.45, 7) is 0. The van der Waals surface area contributed by atoms with Gasteiger partial charge in [-0.1, -0.05) is 15.9 Å². The maximum Gasteiger partial charge on any atom is 0.409 e. The molecule has 0 aromatic heterocycles. The minimum Gasteiger partial charge on any atom is -0.414 e. The fourth-order valence-electron chi connectivity index (χ4n) is 0.829. The number of carbonyl (C=O) groups is 1.